The lowest BCUT2D eigenvalue weighted by molar-refractivity contribution is -0.128. The maximum atomic E-state index is 12.1. The van der Waals surface area contributed by atoms with Crippen molar-refractivity contribution in [3.63, 3.8) is 0 Å². The van der Waals surface area contributed by atoms with E-state index in [1.165, 1.54) is 5.56 Å². The molecule has 0 aromatic heterocycles. The summed E-state index contributed by atoms with van der Waals surface area (Å²) in [5.41, 5.74) is 1.24. The number of amides is 1. The van der Waals surface area contributed by atoms with E-state index < -0.39 is 0 Å². The largest absolute Gasteiger partial charge is 0.326 e. The van der Waals surface area contributed by atoms with Gasteiger partial charge in [0.15, 0.2) is 0 Å². The van der Waals surface area contributed by atoms with Crippen molar-refractivity contribution in [2.75, 3.05) is 31.9 Å². The van der Waals surface area contributed by atoms with Gasteiger partial charge in [-0.25, -0.2) is 0 Å². The molecule has 0 saturated carbocycles. The molecule has 0 N–H and O–H groups in total. The first-order valence-corrected chi connectivity index (χ1v) is 8.49. The second kappa shape index (κ2) is 7.70. The Hall–Kier alpha value is -1.00. The zero-order valence-corrected chi connectivity index (χ0v) is 13.2. The van der Waals surface area contributed by atoms with Crippen LogP contribution in [0.25, 0.3) is 0 Å². The summed E-state index contributed by atoms with van der Waals surface area (Å²) in [4.78, 5) is 16.5. The molecule has 0 radical (unpaired) electrons. The minimum Gasteiger partial charge on any atom is -0.326 e. The van der Waals surface area contributed by atoms with E-state index in [0.717, 1.165) is 32.6 Å². The maximum Gasteiger partial charge on any atom is 0.233 e. The van der Waals surface area contributed by atoms with Crippen LogP contribution in [0.1, 0.15) is 31.2 Å². The third-order valence-electron chi connectivity index (χ3n) is 3.82. The van der Waals surface area contributed by atoms with Crippen molar-refractivity contribution in [2.45, 2.75) is 25.6 Å². The molecule has 0 bridgehead atoms. The Morgan fingerprint density at radius 1 is 1.25 bits per heavy atom. The average Bonchev–Trinajstić information content (AvgIpc) is 2.86. The molecule has 1 amide bonds. The smallest absolute Gasteiger partial charge is 0.233 e. The van der Waals surface area contributed by atoms with E-state index in [2.05, 4.69) is 30.9 Å². The summed E-state index contributed by atoms with van der Waals surface area (Å²) in [6.45, 7) is 8.48. The Bertz CT molecular complexity index is 420. The Kier molecular flexibility index (Phi) is 5.92. The number of nitrogens with zero attached hydrogens (tertiary/aromatic N) is 2. The van der Waals surface area contributed by atoms with Gasteiger partial charge in [0.2, 0.25) is 5.91 Å². The standard InChI is InChI=1S/C16H24N2OS/c1-3-17(4-2)11-8-12-18-15(19)13-20-16(18)14-9-6-5-7-10-14/h5-7,9-10,16H,3-4,8,11-13H2,1-2H3. The topological polar surface area (TPSA) is 23.6 Å². The van der Waals surface area contributed by atoms with Gasteiger partial charge in [-0.2, -0.15) is 0 Å². The van der Waals surface area contributed by atoms with Crippen LogP contribution in [0.4, 0.5) is 0 Å². The monoisotopic (exact) mass is 292 g/mol. The first-order valence-electron chi connectivity index (χ1n) is 7.44. The summed E-state index contributed by atoms with van der Waals surface area (Å²) < 4.78 is 0. The van der Waals surface area contributed by atoms with Crippen LogP contribution in [0.15, 0.2) is 30.3 Å². The molecule has 1 saturated heterocycles. The van der Waals surface area contributed by atoms with Crippen molar-refractivity contribution in [3.05, 3.63) is 35.9 Å². The van der Waals surface area contributed by atoms with E-state index >= 15 is 0 Å². The zero-order valence-electron chi connectivity index (χ0n) is 12.4. The lowest BCUT2D eigenvalue weighted by Crippen LogP contribution is -2.32. The van der Waals surface area contributed by atoms with Gasteiger partial charge in [0.25, 0.3) is 0 Å². The molecular formula is C16H24N2OS. The predicted octanol–water partition coefficient (Wildman–Crippen LogP) is 2.99. The van der Waals surface area contributed by atoms with Gasteiger partial charge in [0.05, 0.1) is 5.75 Å². The predicted molar refractivity (Wildman–Crippen MR) is 85.8 cm³/mol. The van der Waals surface area contributed by atoms with Crippen LogP contribution in [-0.2, 0) is 4.79 Å². The highest BCUT2D eigenvalue weighted by atomic mass is 32.2. The van der Waals surface area contributed by atoms with Crippen molar-refractivity contribution < 1.29 is 4.79 Å². The lowest BCUT2D eigenvalue weighted by Gasteiger charge is -2.26. The highest BCUT2D eigenvalue weighted by molar-refractivity contribution is 8.00. The molecular weight excluding hydrogens is 268 g/mol. The van der Waals surface area contributed by atoms with E-state index in [1.807, 2.05) is 23.1 Å². The van der Waals surface area contributed by atoms with E-state index in [1.54, 1.807) is 11.8 Å². The van der Waals surface area contributed by atoms with Gasteiger partial charge >= 0.3 is 0 Å². The summed E-state index contributed by atoms with van der Waals surface area (Å²) in [6.07, 6.45) is 1.05. The van der Waals surface area contributed by atoms with Crippen LogP contribution in [0.3, 0.4) is 0 Å². The molecule has 1 unspecified atom stereocenters. The summed E-state index contributed by atoms with van der Waals surface area (Å²) in [7, 11) is 0. The number of carbonyl (C=O) groups excluding carboxylic acids is 1. The minimum absolute atomic E-state index is 0.209. The SMILES string of the molecule is CCN(CC)CCCN1C(=O)CSC1c1ccccc1. The molecule has 1 aromatic rings. The molecule has 1 fully saturated rings. The van der Waals surface area contributed by atoms with Crippen LogP contribution in [0.5, 0.6) is 0 Å². The van der Waals surface area contributed by atoms with E-state index in [9.17, 15) is 4.79 Å². The van der Waals surface area contributed by atoms with Gasteiger partial charge in [0.1, 0.15) is 5.37 Å². The Morgan fingerprint density at radius 3 is 2.60 bits per heavy atom. The van der Waals surface area contributed by atoms with Crippen LogP contribution in [-0.4, -0.2) is 47.6 Å². The van der Waals surface area contributed by atoms with Gasteiger partial charge in [-0.15, -0.1) is 11.8 Å². The summed E-state index contributed by atoms with van der Waals surface area (Å²) in [5.74, 6) is 0.897. The molecule has 4 heteroatoms. The quantitative estimate of drug-likeness (QED) is 0.772. The minimum atomic E-state index is 0.209. The lowest BCUT2D eigenvalue weighted by atomic mass is 10.2. The maximum absolute atomic E-state index is 12.1. The first kappa shape index (κ1) is 15.4. The molecule has 1 aliphatic heterocycles. The molecule has 0 spiro atoms. The number of rotatable bonds is 7. The van der Waals surface area contributed by atoms with E-state index in [4.69, 9.17) is 0 Å². The van der Waals surface area contributed by atoms with Crippen molar-refractivity contribution in [1.82, 2.24) is 9.80 Å². The highest BCUT2D eigenvalue weighted by Gasteiger charge is 2.32. The molecule has 110 valence electrons. The molecule has 0 aliphatic carbocycles. The summed E-state index contributed by atoms with van der Waals surface area (Å²) in [6, 6.07) is 10.4. The average molecular weight is 292 g/mol. The molecule has 1 heterocycles. The second-order valence-electron chi connectivity index (χ2n) is 5.04. The Labute approximate surface area is 126 Å². The molecule has 1 atom stereocenters. The summed E-state index contributed by atoms with van der Waals surface area (Å²) >= 11 is 1.74. The highest BCUT2D eigenvalue weighted by Crippen LogP contribution is 2.38. The van der Waals surface area contributed by atoms with Crippen LogP contribution < -0.4 is 0 Å². The number of benzene rings is 1. The first-order chi connectivity index (χ1) is 9.76. The Balaban J connectivity index is 1.92. The van der Waals surface area contributed by atoms with Crippen molar-refractivity contribution in [3.8, 4) is 0 Å². The fourth-order valence-corrected chi connectivity index (χ4v) is 3.81. The van der Waals surface area contributed by atoms with E-state index in [-0.39, 0.29) is 11.3 Å². The van der Waals surface area contributed by atoms with Crippen LogP contribution in [0.2, 0.25) is 0 Å². The normalized spacial score (nSPS) is 19.1. The van der Waals surface area contributed by atoms with Crippen molar-refractivity contribution in [2.24, 2.45) is 0 Å². The summed E-state index contributed by atoms with van der Waals surface area (Å²) in [5, 5.41) is 0.209. The fraction of sp³-hybridized carbons (Fsp3) is 0.562. The van der Waals surface area contributed by atoms with Gasteiger partial charge in [-0.3, -0.25) is 4.79 Å². The van der Waals surface area contributed by atoms with Gasteiger partial charge in [-0.05, 0) is 31.6 Å². The molecule has 3 nitrogen and oxygen atoms in total. The third-order valence-corrected chi connectivity index (χ3v) is 5.08. The molecule has 1 aliphatic rings. The number of thioether (sulfide) groups is 1. The number of hydrogen-bond acceptors (Lipinski definition) is 3. The molecule has 2 rings (SSSR count). The van der Waals surface area contributed by atoms with Gasteiger partial charge in [0, 0.05) is 6.54 Å². The van der Waals surface area contributed by atoms with Crippen LogP contribution in [0, 0.1) is 0 Å². The number of carbonyl (C=O) groups is 1. The zero-order chi connectivity index (χ0) is 14.4. The second-order valence-corrected chi connectivity index (χ2v) is 6.11. The van der Waals surface area contributed by atoms with Gasteiger partial charge < -0.3 is 9.80 Å². The van der Waals surface area contributed by atoms with Crippen molar-refractivity contribution in [1.29, 1.82) is 0 Å². The van der Waals surface area contributed by atoms with Crippen molar-refractivity contribution >= 4 is 17.7 Å². The molecule has 20 heavy (non-hydrogen) atoms. The van der Waals surface area contributed by atoms with Gasteiger partial charge in [-0.1, -0.05) is 44.2 Å². The number of hydrogen-bond donors (Lipinski definition) is 0. The molecule has 1 aromatic carbocycles. The van der Waals surface area contributed by atoms with E-state index in [0.29, 0.717) is 5.75 Å². The Morgan fingerprint density at radius 2 is 1.95 bits per heavy atom. The van der Waals surface area contributed by atoms with Crippen LogP contribution >= 0.6 is 11.8 Å². The fourth-order valence-electron chi connectivity index (χ4n) is 2.59. The third kappa shape index (κ3) is 3.76.